The zero-order valence-electron chi connectivity index (χ0n) is 9.04. The Morgan fingerprint density at radius 1 is 1.22 bits per heavy atom. The Morgan fingerprint density at radius 2 is 2.00 bits per heavy atom. The van der Waals surface area contributed by atoms with Crippen molar-refractivity contribution in [2.45, 2.75) is 0 Å². The van der Waals surface area contributed by atoms with E-state index in [2.05, 4.69) is 0 Å². The lowest BCUT2D eigenvalue weighted by atomic mass is 10.2. The molecule has 18 heavy (non-hydrogen) atoms. The Balaban J connectivity index is 2.39. The van der Waals surface area contributed by atoms with Crippen LogP contribution in [0.3, 0.4) is 0 Å². The van der Waals surface area contributed by atoms with Gasteiger partial charge in [-0.1, -0.05) is 6.07 Å². The van der Waals surface area contributed by atoms with E-state index in [9.17, 15) is 19.6 Å². The van der Waals surface area contributed by atoms with E-state index < -0.39 is 10.7 Å². The fourth-order valence-electron chi connectivity index (χ4n) is 1.39. The molecule has 0 unspecified atom stereocenters. The highest BCUT2D eigenvalue weighted by Gasteiger charge is 2.16. The number of hydrogen-bond acceptors (Lipinski definition) is 4. The molecule has 0 atom stereocenters. The first-order chi connectivity index (χ1) is 8.56. The molecule has 92 valence electrons. The molecule has 2 aromatic rings. The molecule has 0 aromatic heterocycles. The first-order valence-electron chi connectivity index (χ1n) is 4.97. The van der Waals surface area contributed by atoms with Gasteiger partial charge in [-0.05, 0) is 18.2 Å². The summed E-state index contributed by atoms with van der Waals surface area (Å²) in [4.78, 5) is 10.1. The van der Waals surface area contributed by atoms with Crippen LogP contribution in [0, 0.1) is 15.9 Å². The van der Waals surface area contributed by atoms with Gasteiger partial charge < -0.3 is 9.84 Å². The van der Waals surface area contributed by atoms with Crippen LogP contribution in [-0.2, 0) is 0 Å². The van der Waals surface area contributed by atoms with E-state index in [1.807, 2.05) is 0 Å². The Hall–Kier alpha value is -2.63. The number of phenolic OH excluding ortho intramolecular Hbond substituents is 1. The number of phenols is 1. The van der Waals surface area contributed by atoms with Crippen molar-refractivity contribution in [1.82, 2.24) is 0 Å². The third-order valence-electron chi connectivity index (χ3n) is 2.16. The number of rotatable bonds is 3. The van der Waals surface area contributed by atoms with Crippen LogP contribution in [-0.4, -0.2) is 10.0 Å². The van der Waals surface area contributed by atoms with Gasteiger partial charge in [-0.2, -0.15) is 0 Å². The highest BCUT2D eigenvalue weighted by molar-refractivity contribution is 5.51. The molecule has 0 spiro atoms. The second kappa shape index (κ2) is 4.70. The molecule has 0 saturated carbocycles. The molecule has 6 heteroatoms. The normalized spacial score (nSPS) is 10.1. The number of nitro groups is 1. The molecule has 1 N–H and O–H groups in total. The molecule has 2 rings (SSSR count). The van der Waals surface area contributed by atoms with Crippen LogP contribution in [0.5, 0.6) is 17.2 Å². The molecular formula is C12H8FNO4. The molecule has 0 aliphatic carbocycles. The van der Waals surface area contributed by atoms with Gasteiger partial charge in [-0.25, -0.2) is 4.39 Å². The summed E-state index contributed by atoms with van der Waals surface area (Å²) < 4.78 is 18.1. The minimum Gasteiger partial charge on any atom is -0.508 e. The number of nitrogens with zero attached hydrogens (tertiary/aromatic N) is 1. The summed E-state index contributed by atoms with van der Waals surface area (Å²) in [7, 11) is 0. The van der Waals surface area contributed by atoms with Crippen molar-refractivity contribution in [3.63, 3.8) is 0 Å². The van der Waals surface area contributed by atoms with Crippen molar-refractivity contribution in [2.75, 3.05) is 0 Å². The number of ether oxygens (including phenoxy) is 1. The third kappa shape index (κ3) is 2.54. The average molecular weight is 249 g/mol. The summed E-state index contributed by atoms with van der Waals surface area (Å²) in [5.41, 5.74) is -0.308. The molecule has 2 aromatic carbocycles. The molecule has 0 heterocycles. The van der Waals surface area contributed by atoms with E-state index in [1.165, 1.54) is 24.3 Å². The Bertz CT molecular complexity index is 600. The molecule has 5 nitrogen and oxygen atoms in total. The van der Waals surface area contributed by atoms with Crippen molar-refractivity contribution in [3.8, 4) is 17.2 Å². The molecule has 0 aliphatic heterocycles. The van der Waals surface area contributed by atoms with Crippen molar-refractivity contribution >= 4 is 5.69 Å². The van der Waals surface area contributed by atoms with Gasteiger partial charge in [0.1, 0.15) is 17.3 Å². The molecule has 0 aliphatic rings. The summed E-state index contributed by atoms with van der Waals surface area (Å²) >= 11 is 0. The van der Waals surface area contributed by atoms with Gasteiger partial charge in [0.25, 0.3) is 0 Å². The zero-order chi connectivity index (χ0) is 13.1. The van der Waals surface area contributed by atoms with Crippen molar-refractivity contribution in [2.24, 2.45) is 0 Å². The lowest BCUT2D eigenvalue weighted by Crippen LogP contribution is -1.93. The van der Waals surface area contributed by atoms with Crippen molar-refractivity contribution in [1.29, 1.82) is 0 Å². The van der Waals surface area contributed by atoms with Gasteiger partial charge in [0.2, 0.25) is 5.75 Å². The quantitative estimate of drug-likeness (QED) is 0.669. The van der Waals surface area contributed by atoms with Crippen LogP contribution in [0.2, 0.25) is 0 Å². The second-order valence-electron chi connectivity index (χ2n) is 3.47. The lowest BCUT2D eigenvalue weighted by Gasteiger charge is -2.06. The first kappa shape index (κ1) is 11.8. The van der Waals surface area contributed by atoms with E-state index in [1.54, 1.807) is 0 Å². The van der Waals surface area contributed by atoms with E-state index in [-0.39, 0.29) is 22.9 Å². The average Bonchev–Trinajstić information content (AvgIpc) is 2.28. The number of halogens is 1. The molecule has 0 amide bonds. The largest absolute Gasteiger partial charge is 0.508 e. The summed E-state index contributed by atoms with van der Waals surface area (Å²) in [6.07, 6.45) is 0. The fourth-order valence-corrected chi connectivity index (χ4v) is 1.39. The number of hydrogen-bond donors (Lipinski definition) is 1. The van der Waals surface area contributed by atoms with Crippen LogP contribution in [0.15, 0.2) is 42.5 Å². The summed E-state index contributed by atoms with van der Waals surface area (Å²) in [6, 6.07) is 8.58. The maximum absolute atomic E-state index is 12.9. The first-order valence-corrected chi connectivity index (χ1v) is 4.97. The maximum atomic E-state index is 12.9. The van der Waals surface area contributed by atoms with E-state index in [4.69, 9.17) is 4.74 Å². The Morgan fingerprint density at radius 3 is 2.67 bits per heavy atom. The van der Waals surface area contributed by atoms with E-state index in [0.717, 1.165) is 18.2 Å². The minimum atomic E-state index is -0.645. The maximum Gasteiger partial charge on any atom is 0.311 e. The monoisotopic (exact) mass is 249 g/mol. The fraction of sp³-hybridized carbons (Fsp3) is 0. The van der Waals surface area contributed by atoms with Gasteiger partial charge in [-0.3, -0.25) is 10.1 Å². The molecular weight excluding hydrogens is 241 g/mol. The van der Waals surface area contributed by atoms with E-state index >= 15 is 0 Å². The minimum absolute atomic E-state index is 0.115. The lowest BCUT2D eigenvalue weighted by molar-refractivity contribution is -0.385. The molecule has 0 bridgehead atoms. The van der Waals surface area contributed by atoms with Crippen LogP contribution < -0.4 is 4.74 Å². The number of aromatic hydroxyl groups is 1. The summed E-state index contributed by atoms with van der Waals surface area (Å²) in [6.45, 7) is 0. The van der Waals surface area contributed by atoms with Gasteiger partial charge in [0.15, 0.2) is 0 Å². The summed E-state index contributed by atoms with van der Waals surface area (Å²) in [5, 5.41) is 20.0. The predicted molar refractivity (Wildman–Crippen MR) is 61.2 cm³/mol. The number of nitro benzene ring substituents is 1. The SMILES string of the molecule is O=[N+]([O-])c1ccc(O)cc1Oc1cccc(F)c1. The third-order valence-corrected chi connectivity index (χ3v) is 2.16. The standard InChI is InChI=1S/C12H8FNO4/c13-8-2-1-3-10(6-8)18-12-7-9(15)4-5-11(12)14(16)17/h1-7,15H. The highest BCUT2D eigenvalue weighted by Crippen LogP contribution is 2.34. The van der Waals surface area contributed by atoms with Crippen LogP contribution in [0.4, 0.5) is 10.1 Å². The number of benzene rings is 2. The van der Waals surface area contributed by atoms with Gasteiger partial charge in [0.05, 0.1) is 4.92 Å². The topological polar surface area (TPSA) is 72.6 Å². The molecule has 0 fully saturated rings. The highest BCUT2D eigenvalue weighted by atomic mass is 19.1. The Kier molecular flexibility index (Phi) is 3.09. The van der Waals surface area contributed by atoms with Crippen LogP contribution >= 0.6 is 0 Å². The Labute approximate surface area is 101 Å². The van der Waals surface area contributed by atoms with Crippen molar-refractivity contribution in [3.05, 3.63) is 58.4 Å². The van der Waals surface area contributed by atoms with Crippen molar-refractivity contribution < 1.29 is 19.2 Å². The van der Waals surface area contributed by atoms with Gasteiger partial charge in [-0.15, -0.1) is 0 Å². The van der Waals surface area contributed by atoms with Crippen LogP contribution in [0.25, 0.3) is 0 Å². The molecule has 0 saturated heterocycles. The van der Waals surface area contributed by atoms with Crippen LogP contribution in [0.1, 0.15) is 0 Å². The predicted octanol–water partition coefficient (Wildman–Crippen LogP) is 3.23. The van der Waals surface area contributed by atoms with Gasteiger partial charge >= 0.3 is 5.69 Å². The zero-order valence-corrected chi connectivity index (χ0v) is 9.04. The molecule has 0 radical (unpaired) electrons. The second-order valence-corrected chi connectivity index (χ2v) is 3.47. The van der Waals surface area contributed by atoms with Gasteiger partial charge in [0, 0.05) is 18.2 Å². The smallest absolute Gasteiger partial charge is 0.311 e. The van der Waals surface area contributed by atoms with E-state index in [0.29, 0.717) is 0 Å². The summed E-state index contributed by atoms with van der Waals surface area (Å²) in [5.74, 6) is -0.725.